The highest BCUT2D eigenvalue weighted by Gasteiger charge is 2.28. The van der Waals surface area contributed by atoms with E-state index in [0.717, 1.165) is 19.1 Å². The van der Waals surface area contributed by atoms with Gasteiger partial charge in [-0.1, -0.05) is 19.3 Å². The van der Waals surface area contributed by atoms with E-state index in [0.29, 0.717) is 12.0 Å². The summed E-state index contributed by atoms with van der Waals surface area (Å²) in [6.07, 6.45) is 7.24. The Morgan fingerprint density at radius 3 is 2.59 bits per heavy atom. The van der Waals surface area contributed by atoms with E-state index in [-0.39, 0.29) is 0 Å². The van der Waals surface area contributed by atoms with Crippen LogP contribution in [-0.2, 0) is 4.74 Å². The highest BCUT2D eigenvalue weighted by atomic mass is 16.5. The standard InChI is InChI=1S/C14H28N2O/c1-15-14-11-17-10-13(14)9-16(2)8-12-6-4-3-5-7-12/h12-15H,3-11H2,1-2H3. The van der Waals surface area contributed by atoms with Crippen LogP contribution >= 0.6 is 0 Å². The van der Waals surface area contributed by atoms with Crippen molar-refractivity contribution in [3.05, 3.63) is 0 Å². The van der Waals surface area contributed by atoms with E-state index in [2.05, 4.69) is 17.3 Å². The smallest absolute Gasteiger partial charge is 0.0623 e. The number of hydrogen-bond donors (Lipinski definition) is 1. The van der Waals surface area contributed by atoms with Gasteiger partial charge in [0.1, 0.15) is 0 Å². The van der Waals surface area contributed by atoms with Gasteiger partial charge in [-0.15, -0.1) is 0 Å². The average Bonchev–Trinajstić information content (AvgIpc) is 2.77. The Hall–Kier alpha value is -0.120. The Balaban J connectivity index is 1.70. The molecule has 2 aliphatic rings. The minimum absolute atomic E-state index is 0.559. The largest absolute Gasteiger partial charge is 0.379 e. The molecule has 0 aromatic heterocycles. The van der Waals surface area contributed by atoms with Crippen LogP contribution in [0.1, 0.15) is 32.1 Å². The third-order valence-electron chi connectivity index (χ3n) is 4.41. The van der Waals surface area contributed by atoms with Crippen molar-refractivity contribution < 1.29 is 4.74 Å². The first kappa shape index (κ1) is 13.3. The highest BCUT2D eigenvalue weighted by molar-refractivity contribution is 4.82. The molecule has 0 aromatic carbocycles. The van der Waals surface area contributed by atoms with Crippen LogP contribution in [0, 0.1) is 11.8 Å². The number of ether oxygens (including phenoxy) is 1. The fourth-order valence-corrected chi connectivity index (χ4v) is 3.38. The van der Waals surface area contributed by atoms with Crippen molar-refractivity contribution in [3.63, 3.8) is 0 Å². The van der Waals surface area contributed by atoms with E-state index in [1.54, 1.807) is 0 Å². The predicted octanol–water partition coefficient (Wildman–Crippen LogP) is 1.73. The Kier molecular flexibility index (Phi) is 5.26. The predicted molar refractivity (Wildman–Crippen MR) is 71.2 cm³/mol. The summed E-state index contributed by atoms with van der Waals surface area (Å²) in [6.45, 7) is 4.29. The van der Waals surface area contributed by atoms with Crippen LogP contribution in [0.5, 0.6) is 0 Å². The molecule has 2 unspecified atom stereocenters. The number of nitrogens with one attached hydrogen (secondary N) is 1. The minimum atomic E-state index is 0.559. The van der Waals surface area contributed by atoms with Crippen LogP contribution in [0.4, 0.5) is 0 Å². The Labute approximate surface area is 106 Å². The molecule has 3 nitrogen and oxygen atoms in total. The summed E-state index contributed by atoms with van der Waals surface area (Å²) in [5.74, 6) is 1.62. The molecule has 0 bridgehead atoms. The lowest BCUT2D eigenvalue weighted by atomic mass is 9.89. The van der Waals surface area contributed by atoms with Crippen LogP contribution in [-0.4, -0.2) is 51.3 Å². The Morgan fingerprint density at radius 1 is 1.12 bits per heavy atom. The van der Waals surface area contributed by atoms with Gasteiger partial charge in [-0.3, -0.25) is 0 Å². The van der Waals surface area contributed by atoms with Crippen molar-refractivity contribution >= 4 is 0 Å². The lowest BCUT2D eigenvalue weighted by Crippen LogP contribution is -2.40. The summed E-state index contributed by atoms with van der Waals surface area (Å²) in [4.78, 5) is 2.53. The average molecular weight is 240 g/mol. The van der Waals surface area contributed by atoms with Gasteiger partial charge < -0.3 is 15.0 Å². The van der Waals surface area contributed by atoms with Crippen LogP contribution in [0.3, 0.4) is 0 Å². The van der Waals surface area contributed by atoms with E-state index >= 15 is 0 Å². The second-order valence-electron chi connectivity index (χ2n) is 5.92. The van der Waals surface area contributed by atoms with Crippen molar-refractivity contribution in [1.29, 1.82) is 0 Å². The van der Waals surface area contributed by atoms with Gasteiger partial charge >= 0.3 is 0 Å². The zero-order valence-electron chi connectivity index (χ0n) is 11.5. The monoisotopic (exact) mass is 240 g/mol. The second kappa shape index (κ2) is 6.72. The van der Waals surface area contributed by atoms with E-state index in [1.165, 1.54) is 45.2 Å². The first-order valence-electron chi connectivity index (χ1n) is 7.23. The lowest BCUT2D eigenvalue weighted by Gasteiger charge is -2.29. The minimum Gasteiger partial charge on any atom is -0.379 e. The fourth-order valence-electron chi connectivity index (χ4n) is 3.38. The molecule has 1 aliphatic carbocycles. The summed E-state index contributed by atoms with van der Waals surface area (Å²) in [6, 6.07) is 0.559. The molecule has 2 atom stereocenters. The second-order valence-corrected chi connectivity index (χ2v) is 5.92. The van der Waals surface area contributed by atoms with Crippen molar-refractivity contribution in [3.8, 4) is 0 Å². The molecule has 17 heavy (non-hydrogen) atoms. The quantitative estimate of drug-likeness (QED) is 0.792. The molecule has 0 spiro atoms. The van der Waals surface area contributed by atoms with Crippen molar-refractivity contribution in [2.24, 2.45) is 11.8 Å². The van der Waals surface area contributed by atoms with E-state index in [9.17, 15) is 0 Å². The Bertz CT molecular complexity index is 216. The van der Waals surface area contributed by atoms with Gasteiger partial charge in [-0.05, 0) is 32.9 Å². The van der Waals surface area contributed by atoms with Gasteiger partial charge in [0, 0.05) is 25.0 Å². The van der Waals surface area contributed by atoms with E-state index in [4.69, 9.17) is 4.74 Å². The van der Waals surface area contributed by atoms with Crippen LogP contribution in [0.25, 0.3) is 0 Å². The first-order valence-corrected chi connectivity index (χ1v) is 7.23. The SMILES string of the molecule is CNC1COCC1CN(C)CC1CCCCC1. The summed E-state index contributed by atoms with van der Waals surface area (Å²) in [5.41, 5.74) is 0. The van der Waals surface area contributed by atoms with Gasteiger partial charge in [0.2, 0.25) is 0 Å². The molecule has 1 saturated carbocycles. The first-order chi connectivity index (χ1) is 8.29. The maximum absolute atomic E-state index is 5.56. The number of likely N-dealkylation sites (N-methyl/N-ethyl adjacent to an activating group) is 1. The molecule has 1 saturated heterocycles. The molecule has 1 N–H and O–H groups in total. The van der Waals surface area contributed by atoms with Crippen LogP contribution < -0.4 is 5.32 Å². The summed E-state index contributed by atoms with van der Waals surface area (Å²) in [7, 11) is 4.33. The van der Waals surface area contributed by atoms with E-state index < -0.39 is 0 Å². The number of rotatable bonds is 5. The molecule has 2 rings (SSSR count). The summed E-state index contributed by atoms with van der Waals surface area (Å²) >= 11 is 0. The van der Waals surface area contributed by atoms with Crippen LogP contribution in [0.2, 0.25) is 0 Å². The van der Waals surface area contributed by atoms with Gasteiger partial charge in [0.15, 0.2) is 0 Å². The summed E-state index contributed by atoms with van der Waals surface area (Å²) in [5, 5.41) is 3.37. The normalized spacial score (nSPS) is 31.2. The lowest BCUT2D eigenvalue weighted by molar-refractivity contribution is 0.164. The van der Waals surface area contributed by atoms with Gasteiger partial charge in [-0.2, -0.15) is 0 Å². The Morgan fingerprint density at radius 2 is 1.88 bits per heavy atom. The van der Waals surface area contributed by atoms with Gasteiger partial charge in [0.25, 0.3) is 0 Å². The number of nitrogens with zero attached hydrogens (tertiary/aromatic N) is 1. The summed E-state index contributed by atoms with van der Waals surface area (Å²) < 4.78 is 5.56. The molecular weight excluding hydrogens is 212 g/mol. The third-order valence-corrected chi connectivity index (χ3v) is 4.41. The fraction of sp³-hybridized carbons (Fsp3) is 1.00. The van der Waals surface area contributed by atoms with Gasteiger partial charge in [-0.25, -0.2) is 0 Å². The molecule has 2 fully saturated rings. The van der Waals surface area contributed by atoms with Crippen molar-refractivity contribution in [2.45, 2.75) is 38.1 Å². The molecule has 0 amide bonds. The molecule has 100 valence electrons. The maximum Gasteiger partial charge on any atom is 0.0623 e. The zero-order chi connectivity index (χ0) is 12.1. The van der Waals surface area contributed by atoms with Crippen molar-refractivity contribution in [1.82, 2.24) is 10.2 Å². The maximum atomic E-state index is 5.56. The topological polar surface area (TPSA) is 24.5 Å². The third kappa shape index (κ3) is 3.94. The molecule has 3 heteroatoms. The molecular formula is C14H28N2O. The van der Waals surface area contributed by atoms with Gasteiger partial charge in [0.05, 0.1) is 13.2 Å². The molecule has 0 radical (unpaired) electrons. The molecule has 1 heterocycles. The van der Waals surface area contributed by atoms with Crippen molar-refractivity contribution in [2.75, 3.05) is 40.4 Å². The highest BCUT2D eigenvalue weighted by Crippen LogP contribution is 2.24. The van der Waals surface area contributed by atoms with E-state index in [1.807, 2.05) is 7.05 Å². The molecule has 0 aromatic rings. The number of hydrogen-bond acceptors (Lipinski definition) is 3. The van der Waals surface area contributed by atoms with Crippen LogP contribution in [0.15, 0.2) is 0 Å². The molecule has 1 aliphatic heterocycles. The zero-order valence-corrected chi connectivity index (χ0v) is 11.5.